The Bertz CT molecular complexity index is 672. The monoisotopic (exact) mass is 428 g/mol. The van der Waals surface area contributed by atoms with E-state index in [1.165, 1.54) is 31.7 Å². The highest BCUT2D eigenvalue weighted by Gasteiger charge is 2.61. The Morgan fingerprint density at radius 3 is 2.52 bits per heavy atom. The summed E-state index contributed by atoms with van der Waals surface area (Å²) in [5.74, 6) is -1.86. The lowest BCUT2D eigenvalue weighted by Gasteiger charge is -2.38. The van der Waals surface area contributed by atoms with E-state index in [1.54, 1.807) is 5.41 Å². The third kappa shape index (κ3) is 5.83. The Morgan fingerprint density at radius 1 is 1.31 bits per heavy atom. The second-order valence-electron chi connectivity index (χ2n) is 8.66. The number of epoxide rings is 1. The van der Waals surface area contributed by atoms with Gasteiger partial charge in [0.05, 0.1) is 5.60 Å². The van der Waals surface area contributed by atoms with E-state index in [0.29, 0.717) is 6.42 Å². The molecule has 0 radical (unpaired) electrons. The van der Waals surface area contributed by atoms with Crippen molar-refractivity contribution in [1.82, 2.24) is 0 Å². The van der Waals surface area contributed by atoms with Crippen LogP contribution in [-0.4, -0.2) is 58.6 Å². The van der Waals surface area contributed by atoms with E-state index in [4.69, 9.17) is 14.2 Å². The number of esters is 2. The smallest absolute Gasteiger partial charge is 0.331 e. The van der Waals surface area contributed by atoms with Gasteiger partial charge >= 0.3 is 11.9 Å². The van der Waals surface area contributed by atoms with Crippen LogP contribution < -0.4 is 0 Å². The number of aliphatic hydroxyl groups is 1. The summed E-state index contributed by atoms with van der Waals surface area (Å²) in [6.07, 6.45) is 1.73. The highest BCUT2D eigenvalue weighted by atomic mass is 32.2. The van der Waals surface area contributed by atoms with Gasteiger partial charge in [0, 0.05) is 31.8 Å². The van der Waals surface area contributed by atoms with Crippen LogP contribution in [0, 0.1) is 11.8 Å². The zero-order valence-electron chi connectivity index (χ0n) is 18.0. The van der Waals surface area contributed by atoms with Crippen LogP contribution >= 0.6 is 11.8 Å². The van der Waals surface area contributed by atoms with E-state index >= 15 is 0 Å². The molecule has 0 unspecified atom stereocenters. The second-order valence-corrected chi connectivity index (χ2v) is 9.41. The molecule has 29 heavy (non-hydrogen) atoms. The molecular weight excluding hydrogens is 396 g/mol. The number of carbonyl (C=O) groups is 3. The Hall–Kier alpha value is -1.38. The number of thioether (sulfide) groups is 1. The number of fused-ring (bicyclic) bond motifs is 1. The molecule has 2 rings (SSSR count). The van der Waals surface area contributed by atoms with Crippen LogP contribution in [-0.2, 0) is 28.6 Å². The first-order chi connectivity index (χ1) is 13.4. The molecule has 0 aromatic carbocycles. The van der Waals surface area contributed by atoms with E-state index in [2.05, 4.69) is 0 Å². The second kappa shape index (κ2) is 9.18. The molecule has 0 spiro atoms. The minimum absolute atomic E-state index is 0.0690. The SMILES string of the molecule is CSC=CC(=O)O[C@H]1C[C@](C)(O)C(=O)CC[C@]2(C)O[C@@H]2[C@H](OC(C)=O)[C@@H]1C(C)C. The van der Waals surface area contributed by atoms with Crippen molar-refractivity contribution in [3.63, 3.8) is 0 Å². The number of hydrogen-bond donors (Lipinski definition) is 1. The van der Waals surface area contributed by atoms with Crippen molar-refractivity contribution < 1.29 is 33.7 Å². The minimum atomic E-state index is -1.67. The number of rotatable bonds is 5. The molecule has 0 bridgehead atoms. The van der Waals surface area contributed by atoms with Gasteiger partial charge in [0.1, 0.15) is 23.9 Å². The molecule has 7 nitrogen and oxygen atoms in total. The molecule has 2 fully saturated rings. The fourth-order valence-corrected chi connectivity index (χ4v) is 4.38. The van der Waals surface area contributed by atoms with Gasteiger partial charge in [0.2, 0.25) is 0 Å². The summed E-state index contributed by atoms with van der Waals surface area (Å²) in [5.41, 5.74) is -2.29. The molecule has 1 saturated carbocycles. The summed E-state index contributed by atoms with van der Waals surface area (Å²) in [6.45, 7) is 8.51. The van der Waals surface area contributed by atoms with Gasteiger partial charge in [-0.15, -0.1) is 11.8 Å². The fraction of sp³-hybridized carbons (Fsp3) is 0.762. The van der Waals surface area contributed by atoms with E-state index in [1.807, 2.05) is 27.0 Å². The lowest BCUT2D eigenvalue weighted by atomic mass is 9.75. The van der Waals surface area contributed by atoms with Crippen LogP contribution in [0.3, 0.4) is 0 Å². The Morgan fingerprint density at radius 2 is 1.97 bits per heavy atom. The average molecular weight is 429 g/mol. The third-order valence-corrected chi connectivity index (χ3v) is 6.18. The summed E-state index contributed by atoms with van der Waals surface area (Å²) in [7, 11) is 0. The highest BCUT2D eigenvalue weighted by molar-refractivity contribution is 8.01. The van der Waals surface area contributed by atoms with Crippen molar-refractivity contribution in [3.05, 3.63) is 11.5 Å². The number of hydrogen-bond acceptors (Lipinski definition) is 8. The Balaban J connectivity index is 2.46. The molecule has 1 aliphatic carbocycles. The predicted octanol–water partition coefficient (Wildman–Crippen LogP) is 2.64. The molecule has 1 saturated heterocycles. The van der Waals surface area contributed by atoms with Crippen LogP contribution in [0.2, 0.25) is 0 Å². The van der Waals surface area contributed by atoms with Gasteiger partial charge in [-0.25, -0.2) is 4.79 Å². The molecule has 0 aromatic heterocycles. The lowest BCUT2D eigenvalue weighted by Crippen LogP contribution is -2.50. The first-order valence-corrected chi connectivity index (χ1v) is 11.2. The summed E-state index contributed by atoms with van der Waals surface area (Å²) >= 11 is 1.35. The number of ether oxygens (including phenoxy) is 3. The first-order valence-electron chi connectivity index (χ1n) is 9.92. The van der Waals surface area contributed by atoms with Crippen LogP contribution in [0.5, 0.6) is 0 Å². The maximum absolute atomic E-state index is 12.7. The standard InChI is InChI=1S/C21H32O7S/c1-12(2)17-14(27-16(24)8-10-29-6)11-20(4,25)15(23)7-9-21(5)19(28-21)18(17)26-13(3)22/h8,10,12,14,17-19,25H,7,9,11H2,1-6H3/t14-,17+,18+,19+,20-,21-/m0/s1. The van der Waals surface area contributed by atoms with Crippen LogP contribution in [0.25, 0.3) is 0 Å². The molecular formula is C21H32O7S. The van der Waals surface area contributed by atoms with Crippen LogP contribution in [0.15, 0.2) is 11.5 Å². The van der Waals surface area contributed by atoms with E-state index in [9.17, 15) is 19.5 Å². The van der Waals surface area contributed by atoms with Crippen LogP contribution in [0.1, 0.15) is 53.9 Å². The summed E-state index contributed by atoms with van der Waals surface area (Å²) < 4.78 is 17.3. The molecule has 1 N–H and O–H groups in total. The van der Waals surface area contributed by atoms with E-state index in [-0.39, 0.29) is 24.5 Å². The first kappa shape index (κ1) is 23.9. The zero-order valence-corrected chi connectivity index (χ0v) is 18.8. The molecule has 1 aliphatic heterocycles. The molecule has 164 valence electrons. The maximum atomic E-state index is 12.7. The molecule has 2 aliphatic rings. The van der Waals surface area contributed by atoms with Crippen molar-refractivity contribution in [2.24, 2.45) is 11.8 Å². The van der Waals surface area contributed by atoms with Crippen molar-refractivity contribution in [2.75, 3.05) is 6.26 Å². The van der Waals surface area contributed by atoms with Gasteiger partial charge in [-0.05, 0) is 37.9 Å². The molecule has 6 atom stereocenters. The van der Waals surface area contributed by atoms with E-state index < -0.39 is 47.4 Å². The highest BCUT2D eigenvalue weighted by Crippen LogP contribution is 2.48. The van der Waals surface area contributed by atoms with Gasteiger partial charge in [-0.1, -0.05) is 13.8 Å². The Kier molecular flexibility index (Phi) is 7.57. The van der Waals surface area contributed by atoms with E-state index in [0.717, 1.165) is 0 Å². The van der Waals surface area contributed by atoms with Crippen molar-refractivity contribution in [2.45, 2.75) is 83.4 Å². The third-order valence-electron chi connectivity index (χ3n) is 5.78. The van der Waals surface area contributed by atoms with Gasteiger partial charge in [-0.2, -0.15) is 0 Å². The molecule has 0 amide bonds. The zero-order chi connectivity index (χ0) is 22.0. The normalized spacial score (nSPS) is 37.9. The average Bonchev–Trinajstić information content (AvgIpc) is 3.27. The predicted molar refractivity (Wildman–Crippen MR) is 109 cm³/mol. The number of carbonyl (C=O) groups excluding carboxylic acids is 3. The maximum Gasteiger partial charge on any atom is 0.331 e. The molecule has 0 aromatic rings. The quantitative estimate of drug-likeness (QED) is 0.405. The Labute approximate surface area is 176 Å². The fourth-order valence-electron chi connectivity index (χ4n) is 4.13. The van der Waals surface area contributed by atoms with Gasteiger partial charge in [-0.3, -0.25) is 9.59 Å². The summed E-state index contributed by atoms with van der Waals surface area (Å²) in [6, 6.07) is 0. The lowest BCUT2D eigenvalue weighted by molar-refractivity contribution is -0.168. The largest absolute Gasteiger partial charge is 0.459 e. The molecule has 8 heteroatoms. The van der Waals surface area contributed by atoms with Gasteiger partial charge in [0.15, 0.2) is 5.78 Å². The number of Topliss-reactive ketones (excluding diaryl/α,β-unsaturated/α-hetero) is 1. The van der Waals surface area contributed by atoms with Crippen LogP contribution in [0.4, 0.5) is 0 Å². The van der Waals surface area contributed by atoms with Crippen molar-refractivity contribution in [3.8, 4) is 0 Å². The van der Waals surface area contributed by atoms with Crippen molar-refractivity contribution >= 4 is 29.5 Å². The topological polar surface area (TPSA) is 102 Å². The van der Waals surface area contributed by atoms with Gasteiger partial charge < -0.3 is 19.3 Å². The van der Waals surface area contributed by atoms with Gasteiger partial charge in [0.25, 0.3) is 0 Å². The minimum Gasteiger partial charge on any atom is -0.459 e. The summed E-state index contributed by atoms with van der Waals surface area (Å²) in [4.78, 5) is 36.8. The summed E-state index contributed by atoms with van der Waals surface area (Å²) in [5, 5.41) is 12.5. The molecule has 1 heterocycles. The van der Waals surface area contributed by atoms with Crippen molar-refractivity contribution in [1.29, 1.82) is 0 Å². The number of ketones is 1.